The van der Waals surface area contributed by atoms with Crippen LogP contribution in [-0.4, -0.2) is 27.2 Å². The van der Waals surface area contributed by atoms with Gasteiger partial charge in [0.1, 0.15) is 5.00 Å². The molecule has 0 unspecified atom stereocenters. The minimum Gasteiger partial charge on any atom is -0.366 e. The molecular formula is C8H7N5O2S. The van der Waals surface area contributed by atoms with Crippen LogP contribution in [0.1, 0.15) is 20.8 Å². The fourth-order valence-corrected chi connectivity index (χ4v) is 1.87. The van der Waals surface area contributed by atoms with Crippen LogP contribution >= 0.6 is 11.3 Å². The highest BCUT2D eigenvalue weighted by Crippen LogP contribution is 2.22. The molecule has 8 heteroatoms. The number of nitrogens with zero attached hydrogens (tertiary/aromatic N) is 2. The molecule has 2 rings (SSSR count). The van der Waals surface area contributed by atoms with Crippen molar-refractivity contribution >= 4 is 28.2 Å². The first-order valence-corrected chi connectivity index (χ1v) is 5.11. The van der Waals surface area contributed by atoms with E-state index in [1.54, 1.807) is 11.4 Å². The van der Waals surface area contributed by atoms with Crippen molar-refractivity contribution in [3.05, 3.63) is 28.9 Å². The summed E-state index contributed by atoms with van der Waals surface area (Å²) in [5.41, 5.74) is 5.56. The Morgan fingerprint density at radius 2 is 2.31 bits per heavy atom. The molecule has 4 N–H and O–H groups in total. The van der Waals surface area contributed by atoms with Gasteiger partial charge in [-0.25, -0.2) is 0 Å². The van der Waals surface area contributed by atoms with E-state index < -0.39 is 11.8 Å². The highest BCUT2D eigenvalue weighted by atomic mass is 32.1. The molecule has 0 aliphatic rings. The molecule has 0 radical (unpaired) electrons. The molecule has 2 heterocycles. The quantitative estimate of drug-likeness (QED) is 0.708. The molecule has 82 valence electrons. The molecular weight excluding hydrogens is 230 g/mol. The number of aromatic nitrogens is 3. The second-order valence-corrected chi connectivity index (χ2v) is 3.75. The van der Waals surface area contributed by atoms with E-state index in [0.29, 0.717) is 5.00 Å². The Kier molecular flexibility index (Phi) is 2.64. The summed E-state index contributed by atoms with van der Waals surface area (Å²) in [6.07, 6.45) is 1.28. The fourth-order valence-electron chi connectivity index (χ4n) is 1.08. The minimum atomic E-state index is -0.586. The Morgan fingerprint density at radius 3 is 2.94 bits per heavy atom. The number of nitrogens with two attached hydrogens (primary N) is 1. The molecule has 0 aliphatic heterocycles. The van der Waals surface area contributed by atoms with Gasteiger partial charge in [0.25, 0.3) is 11.8 Å². The Labute approximate surface area is 93.7 Å². The summed E-state index contributed by atoms with van der Waals surface area (Å²) in [6, 6.07) is 1.55. The van der Waals surface area contributed by atoms with Crippen LogP contribution in [0.15, 0.2) is 17.6 Å². The fraction of sp³-hybridized carbons (Fsp3) is 0. The second-order valence-electron chi connectivity index (χ2n) is 2.84. The Morgan fingerprint density at radius 1 is 1.50 bits per heavy atom. The van der Waals surface area contributed by atoms with E-state index in [4.69, 9.17) is 5.73 Å². The summed E-state index contributed by atoms with van der Waals surface area (Å²) in [4.78, 5) is 22.6. The molecule has 7 nitrogen and oxygen atoms in total. The average molecular weight is 237 g/mol. The zero-order valence-electron chi connectivity index (χ0n) is 7.93. The topological polar surface area (TPSA) is 114 Å². The van der Waals surface area contributed by atoms with E-state index in [2.05, 4.69) is 20.7 Å². The van der Waals surface area contributed by atoms with E-state index in [9.17, 15) is 9.59 Å². The van der Waals surface area contributed by atoms with Gasteiger partial charge in [0.15, 0.2) is 5.69 Å². The van der Waals surface area contributed by atoms with Crippen LogP contribution in [0.5, 0.6) is 0 Å². The highest BCUT2D eigenvalue weighted by Gasteiger charge is 2.14. The van der Waals surface area contributed by atoms with Gasteiger partial charge in [-0.3, -0.25) is 9.59 Å². The predicted octanol–water partition coefficient (Wildman–Crippen LogP) is 0.217. The van der Waals surface area contributed by atoms with Crippen molar-refractivity contribution in [2.24, 2.45) is 5.73 Å². The van der Waals surface area contributed by atoms with E-state index >= 15 is 0 Å². The first kappa shape index (κ1) is 10.3. The van der Waals surface area contributed by atoms with Gasteiger partial charge in [-0.1, -0.05) is 0 Å². The second kappa shape index (κ2) is 4.11. The highest BCUT2D eigenvalue weighted by molar-refractivity contribution is 7.14. The van der Waals surface area contributed by atoms with Crippen molar-refractivity contribution in [1.82, 2.24) is 15.4 Å². The molecule has 0 atom stereocenters. The summed E-state index contributed by atoms with van der Waals surface area (Å²) < 4.78 is 0. The van der Waals surface area contributed by atoms with Gasteiger partial charge >= 0.3 is 0 Å². The van der Waals surface area contributed by atoms with Crippen LogP contribution in [0.2, 0.25) is 0 Å². The number of amides is 2. The van der Waals surface area contributed by atoms with Crippen molar-refractivity contribution in [3.63, 3.8) is 0 Å². The van der Waals surface area contributed by atoms with Gasteiger partial charge in [0.2, 0.25) is 0 Å². The number of anilines is 1. The molecule has 0 fully saturated rings. The third kappa shape index (κ3) is 1.91. The number of primary amides is 1. The monoisotopic (exact) mass is 237 g/mol. The van der Waals surface area contributed by atoms with Crippen molar-refractivity contribution in [3.8, 4) is 0 Å². The van der Waals surface area contributed by atoms with Gasteiger partial charge in [-0.2, -0.15) is 15.4 Å². The van der Waals surface area contributed by atoms with E-state index in [0.717, 1.165) is 0 Å². The lowest BCUT2D eigenvalue weighted by Gasteiger charge is -2.01. The van der Waals surface area contributed by atoms with Gasteiger partial charge in [0.05, 0.1) is 11.8 Å². The van der Waals surface area contributed by atoms with Crippen LogP contribution in [0.25, 0.3) is 0 Å². The molecule has 16 heavy (non-hydrogen) atoms. The number of aromatic amines is 1. The molecule has 2 aromatic heterocycles. The van der Waals surface area contributed by atoms with Crippen LogP contribution in [0, 0.1) is 0 Å². The van der Waals surface area contributed by atoms with Gasteiger partial charge < -0.3 is 11.1 Å². The molecule has 0 bridgehead atoms. The number of nitrogens with one attached hydrogen (secondary N) is 2. The molecule has 0 saturated heterocycles. The zero-order chi connectivity index (χ0) is 11.5. The number of hydrogen-bond acceptors (Lipinski definition) is 5. The van der Waals surface area contributed by atoms with Crippen molar-refractivity contribution < 1.29 is 9.59 Å². The van der Waals surface area contributed by atoms with Crippen molar-refractivity contribution in [2.75, 3.05) is 5.32 Å². The first-order valence-electron chi connectivity index (χ1n) is 4.23. The first-order chi connectivity index (χ1) is 7.68. The molecule has 0 aromatic carbocycles. The number of carbonyl (C=O) groups is 2. The summed E-state index contributed by atoms with van der Waals surface area (Å²) >= 11 is 1.21. The van der Waals surface area contributed by atoms with E-state index in [1.165, 1.54) is 17.5 Å². The van der Waals surface area contributed by atoms with Gasteiger partial charge in [-0.05, 0) is 11.4 Å². The largest absolute Gasteiger partial charge is 0.366 e. The Balaban J connectivity index is 2.18. The summed E-state index contributed by atoms with van der Waals surface area (Å²) in [5, 5.41) is 14.0. The molecule has 2 amide bonds. The number of hydrogen-bond donors (Lipinski definition) is 3. The maximum atomic E-state index is 11.6. The van der Waals surface area contributed by atoms with E-state index in [1.807, 2.05) is 0 Å². The van der Waals surface area contributed by atoms with Crippen LogP contribution in [-0.2, 0) is 0 Å². The third-order valence-corrected chi connectivity index (χ3v) is 2.64. The average Bonchev–Trinajstić information content (AvgIpc) is 2.86. The zero-order valence-corrected chi connectivity index (χ0v) is 8.75. The molecule has 0 spiro atoms. The number of H-pyrrole nitrogens is 1. The summed E-state index contributed by atoms with van der Waals surface area (Å²) in [7, 11) is 0. The lowest BCUT2D eigenvalue weighted by Crippen LogP contribution is -2.16. The smallest absolute Gasteiger partial charge is 0.278 e. The van der Waals surface area contributed by atoms with Crippen LogP contribution in [0.4, 0.5) is 5.00 Å². The van der Waals surface area contributed by atoms with E-state index in [-0.39, 0.29) is 11.3 Å². The Hall–Kier alpha value is -2.22. The van der Waals surface area contributed by atoms with Gasteiger partial charge in [-0.15, -0.1) is 11.3 Å². The number of carbonyl (C=O) groups excluding carboxylic acids is 2. The normalized spacial score (nSPS) is 10.0. The number of thiophene rings is 1. The van der Waals surface area contributed by atoms with Crippen LogP contribution < -0.4 is 11.1 Å². The number of rotatable bonds is 3. The Bertz CT molecular complexity index is 518. The lowest BCUT2D eigenvalue weighted by molar-refractivity contribution is 0.100. The van der Waals surface area contributed by atoms with Crippen molar-refractivity contribution in [2.45, 2.75) is 0 Å². The summed E-state index contributed by atoms with van der Waals surface area (Å²) in [5.74, 6) is -1.03. The molecule has 0 saturated carbocycles. The minimum absolute atomic E-state index is 0.142. The van der Waals surface area contributed by atoms with Gasteiger partial charge in [0, 0.05) is 0 Å². The predicted molar refractivity (Wildman–Crippen MR) is 57.2 cm³/mol. The molecule has 0 aliphatic carbocycles. The van der Waals surface area contributed by atoms with Crippen molar-refractivity contribution in [1.29, 1.82) is 0 Å². The maximum absolute atomic E-state index is 11.6. The lowest BCUT2D eigenvalue weighted by atomic mass is 10.3. The SMILES string of the molecule is NC(=O)c1ccsc1NC(=O)c1cn[nH]n1. The standard InChI is InChI=1S/C8H7N5O2S/c9-6(14)4-1-2-16-8(4)11-7(15)5-3-10-13-12-5/h1-3H,(H2,9,14)(H,11,15)(H,10,12,13). The molecule has 2 aromatic rings. The third-order valence-electron chi connectivity index (χ3n) is 1.81. The maximum Gasteiger partial charge on any atom is 0.278 e. The summed E-state index contributed by atoms with van der Waals surface area (Å²) in [6.45, 7) is 0. The van der Waals surface area contributed by atoms with Crippen LogP contribution in [0.3, 0.4) is 0 Å².